The van der Waals surface area contributed by atoms with Crippen LogP contribution < -0.4 is 0 Å². The minimum absolute atomic E-state index is 0.766. The second-order valence-electron chi connectivity index (χ2n) is 3.68. The van der Waals surface area contributed by atoms with Crippen LogP contribution in [0.1, 0.15) is 19.3 Å². The Kier molecular flexibility index (Phi) is 2.19. The third kappa shape index (κ3) is 1.59. The molecule has 2 radical (unpaired) electrons. The zero-order valence-electron chi connectivity index (χ0n) is 7.00. The fourth-order valence-electron chi connectivity index (χ4n) is 2.17. The lowest BCUT2D eigenvalue weighted by molar-refractivity contribution is 0.252. The molecule has 0 unspecified atom stereocenters. The highest BCUT2D eigenvalue weighted by Gasteiger charge is 2.26. The molecule has 0 aromatic heterocycles. The Labute approximate surface area is 70.0 Å². The van der Waals surface area contributed by atoms with Crippen molar-refractivity contribution in [3.8, 4) is 0 Å². The van der Waals surface area contributed by atoms with E-state index in [2.05, 4.69) is 4.90 Å². The fourth-order valence-corrected chi connectivity index (χ4v) is 2.17. The molecule has 1 atom stereocenters. The van der Waals surface area contributed by atoms with E-state index in [1.807, 2.05) is 4.81 Å². The van der Waals surface area contributed by atoms with Crippen LogP contribution in [0.4, 0.5) is 0 Å². The van der Waals surface area contributed by atoms with Gasteiger partial charge in [-0.2, -0.15) is 0 Å². The van der Waals surface area contributed by atoms with Crippen LogP contribution in [-0.4, -0.2) is 49.9 Å². The first-order chi connectivity index (χ1) is 5.36. The molecule has 0 aromatic rings. The van der Waals surface area contributed by atoms with Gasteiger partial charge in [0.15, 0.2) is 7.98 Å². The highest BCUT2D eigenvalue weighted by Crippen LogP contribution is 2.18. The van der Waals surface area contributed by atoms with Crippen molar-refractivity contribution in [1.82, 2.24) is 9.71 Å². The molecule has 0 aliphatic carbocycles. The number of rotatable bonds is 1. The number of hydrogen-bond donors (Lipinski definition) is 0. The Bertz CT molecular complexity index is 134. The Morgan fingerprint density at radius 2 is 1.82 bits per heavy atom. The third-order valence-corrected chi connectivity index (χ3v) is 2.85. The highest BCUT2D eigenvalue weighted by molar-refractivity contribution is 6.04. The van der Waals surface area contributed by atoms with Gasteiger partial charge in [-0.1, -0.05) is 0 Å². The van der Waals surface area contributed by atoms with Crippen molar-refractivity contribution < 1.29 is 0 Å². The van der Waals surface area contributed by atoms with Crippen molar-refractivity contribution in [3.63, 3.8) is 0 Å². The second-order valence-corrected chi connectivity index (χ2v) is 3.68. The van der Waals surface area contributed by atoms with Gasteiger partial charge < -0.3 is 4.81 Å². The van der Waals surface area contributed by atoms with Gasteiger partial charge in [0.05, 0.1) is 0 Å². The Balaban J connectivity index is 1.85. The predicted octanol–water partition coefficient (Wildman–Crippen LogP) is 0.240. The fraction of sp³-hybridized carbons (Fsp3) is 1.00. The van der Waals surface area contributed by atoms with E-state index in [-0.39, 0.29) is 0 Å². The van der Waals surface area contributed by atoms with Gasteiger partial charge in [-0.3, -0.25) is 4.90 Å². The monoisotopic (exact) mass is 150 g/mol. The van der Waals surface area contributed by atoms with Crippen molar-refractivity contribution in [1.29, 1.82) is 0 Å². The summed E-state index contributed by atoms with van der Waals surface area (Å²) in [5.41, 5.74) is 0. The van der Waals surface area contributed by atoms with E-state index in [1.54, 1.807) is 0 Å². The normalized spacial score (nSPS) is 35.1. The van der Waals surface area contributed by atoms with Gasteiger partial charge in [0, 0.05) is 12.6 Å². The summed E-state index contributed by atoms with van der Waals surface area (Å²) in [5.74, 6) is 0. The van der Waals surface area contributed by atoms with Gasteiger partial charge in [-0.25, -0.2) is 0 Å². The first kappa shape index (κ1) is 7.62. The Morgan fingerprint density at radius 1 is 1.09 bits per heavy atom. The van der Waals surface area contributed by atoms with Crippen LogP contribution >= 0.6 is 0 Å². The van der Waals surface area contributed by atoms with E-state index in [0.717, 1.165) is 19.1 Å². The van der Waals surface area contributed by atoms with Crippen LogP contribution in [-0.2, 0) is 0 Å². The van der Waals surface area contributed by atoms with Crippen LogP contribution in [0.15, 0.2) is 0 Å². The summed E-state index contributed by atoms with van der Waals surface area (Å²) < 4.78 is 0. The smallest absolute Gasteiger partial charge is 0.182 e. The van der Waals surface area contributed by atoms with Gasteiger partial charge in [-0.15, -0.1) is 0 Å². The van der Waals surface area contributed by atoms with Crippen LogP contribution in [0.25, 0.3) is 0 Å². The summed E-state index contributed by atoms with van der Waals surface area (Å²) in [6.07, 6.45) is 4.05. The molecule has 2 aliphatic heterocycles. The van der Waals surface area contributed by atoms with Crippen molar-refractivity contribution >= 4 is 7.98 Å². The van der Waals surface area contributed by atoms with Crippen molar-refractivity contribution in [3.05, 3.63) is 0 Å². The highest BCUT2D eigenvalue weighted by atomic mass is 15.2. The molecule has 0 saturated carbocycles. The van der Waals surface area contributed by atoms with E-state index in [4.69, 9.17) is 7.98 Å². The lowest BCUT2D eigenvalue weighted by atomic mass is 10.2. The molecule has 0 spiro atoms. The molecule has 0 amide bonds. The lowest BCUT2D eigenvalue weighted by Gasteiger charge is -2.22. The van der Waals surface area contributed by atoms with Crippen LogP contribution in [0.5, 0.6) is 0 Å². The quantitative estimate of drug-likeness (QED) is 0.494. The van der Waals surface area contributed by atoms with Gasteiger partial charge in [0.25, 0.3) is 0 Å². The molecule has 2 rings (SSSR count). The van der Waals surface area contributed by atoms with Crippen LogP contribution in [0.3, 0.4) is 0 Å². The minimum atomic E-state index is 0.766. The molecule has 2 nitrogen and oxygen atoms in total. The Hall–Kier alpha value is -0.0151. The number of nitrogens with zero attached hydrogens (tertiary/aromatic N) is 2. The SMILES string of the molecule is [B]N1CC[C@H](N2CCCC2)C1. The van der Waals surface area contributed by atoms with Gasteiger partial charge in [0.2, 0.25) is 0 Å². The third-order valence-electron chi connectivity index (χ3n) is 2.85. The molecule has 3 heteroatoms. The molecule has 2 heterocycles. The average Bonchev–Trinajstić information content (AvgIpc) is 2.55. The summed E-state index contributed by atoms with van der Waals surface area (Å²) >= 11 is 0. The number of likely N-dealkylation sites (tertiary alicyclic amines) is 1. The zero-order valence-corrected chi connectivity index (χ0v) is 7.00. The van der Waals surface area contributed by atoms with Gasteiger partial charge in [-0.05, 0) is 38.9 Å². The summed E-state index contributed by atoms with van der Waals surface area (Å²) in [6, 6.07) is 0.766. The molecule has 2 saturated heterocycles. The molecule has 0 bridgehead atoms. The maximum atomic E-state index is 5.70. The van der Waals surface area contributed by atoms with Crippen molar-refractivity contribution in [2.45, 2.75) is 25.3 Å². The van der Waals surface area contributed by atoms with Crippen molar-refractivity contribution in [2.75, 3.05) is 26.2 Å². The molecule has 0 aromatic carbocycles. The molecule has 0 N–H and O–H groups in total. The molecular weight excluding hydrogens is 135 g/mol. The van der Waals surface area contributed by atoms with E-state index in [0.29, 0.717) is 0 Å². The van der Waals surface area contributed by atoms with Crippen LogP contribution in [0.2, 0.25) is 0 Å². The van der Waals surface area contributed by atoms with Crippen LogP contribution in [0, 0.1) is 0 Å². The van der Waals surface area contributed by atoms with E-state index in [9.17, 15) is 0 Å². The maximum absolute atomic E-state index is 5.70. The van der Waals surface area contributed by atoms with Gasteiger partial charge >= 0.3 is 0 Å². The summed E-state index contributed by atoms with van der Waals surface area (Å²) in [6.45, 7) is 4.78. The largest absolute Gasteiger partial charge is 0.352 e. The van der Waals surface area contributed by atoms with Gasteiger partial charge in [0.1, 0.15) is 0 Å². The first-order valence-corrected chi connectivity index (χ1v) is 4.60. The first-order valence-electron chi connectivity index (χ1n) is 4.60. The second kappa shape index (κ2) is 3.15. The maximum Gasteiger partial charge on any atom is 0.182 e. The zero-order chi connectivity index (χ0) is 7.68. The van der Waals surface area contributed by atoms with E-state index < -0.39 is 0 Å². The minimum Gasteiger partial charge on any atom is -0.352 e. The Morgan fingerprint density at radius 3 is 2.36 bits per heavy atom. The number of hydrogen-bond acceptors (Lipinski definition) is 2. The van der Waals surface area contributed by atoms with E-state index >= 15 is 0 Å². The lowest BCUT2D eigenvalue weighted by Crippen LogP contribution is -2.34. The standard InChI is InChI=1S/C8H15BN2/c9-11-6-3-8(7-11)10-4-1-2-5-10/h8H,1-7H2/t8-/m0/s1. The summed E-state index contributed by atoms with van der Waals surface area (Å²) in [5, 5.41) is 0. The molecule has 2 fully saturated rings. The summed E-state index contributed by atoms with van der Waals surface area (Å²) in [7, 11) is 5.70. The summed E-state index contributed by atoms with van der Waals surface area (Å²) in [4.78, 5) is 4.54. The molecular formula is C8H15BN2. The topological polar surface area (TPSA) is 6.48 Å². The van der Waals surface area contributed by atoms with Crippen molar-refractivity contribution in [2.24, 2.45) is 0 Å². The molecule has 60 valence electrons. The molecule has 11 heavy (non-hydrogen) atoms. The predicted molar refractivity (Wildman–Crippen MR) is 46.5 cm³/mol. The molecule has 2 aliphatic rings. The average molecular weight is 150 g/mol. The van der Waals surface area contributed by atoms with E-state index in [1.165, 1.54) is 32.4 Å².